The van der Waals surface area contributed by atoms with Crippen molar-refractivity contribution in [2.45, 2.75) is 13.0 Å². The number of benzene rings is 1. The van der Waals surface area contributed by atoms with E-state index in [0.717, 1.165) is 0 Å². The van der Waals surface area contributed by atoms with E-state index >= 15 is 0 Å². The fourth-order valence-corrected chi connectivity index (χ4v) is 1.64. The monoisotopic (exact) mass is 260 g/mol. The topological polar surface area (TPSA) is 77.8 Å². The zero-order valence-corrected chi connectivity index (χ0v) is 8.95. The first kappa shape index (κ1) is 11.0. The largest absolute Gasteiger partial charge is 0.506 e. The van der Waals surface area contributed by atoms with Gasteiger partial charge in [0.2, 0.25) is 0 Å². The Morgan fingerprint density at radius 1 is 1.50 bits per heavy atom. The maximum Gasteiger partial charge on any atom is 0.337 e. The fourth-order valence-electron chi connectivity index (χ4n) is 1.06. The molecule has 0 heterocycles. The van der Waals surface area contributed by atoms with E-state index in [9.17, 15) is 15.0 Å². The minimum absolute atomic E-state index is 0.0475. The number of carbonyl (C=O) groups is 1. The molecule has 14 heavy (non-hydrogen) atoms. The molecule has 0 aliphatic rings. The molecular formula is C9H9BrO4. The number of phenols is 1. The average molecular weight is 261 g/mol. The molecule has 0 saturated heterocycles. The number of aliphatic hydroxyl groups excluding tert-OH is 1. The Bertz CT molecular complexity index is 352. The van der Waals surface area contributed by atoms with Crippen LogP contribution >= 0.6 is 15.9 Å². The summed E-state index contributed by atoms with van der Waals surface area (Å²) in [5.74, 6) is -1.27. The van der Waals surface area contributed by atoms with Crippen molar-refractivity contribution in [1.29, 1.82) is 0 Å². The highest BCUT2D eigenvalue weighted by atomic mass is 79.9. The third kappa shape index (κ3) is 2.05. The summed E-state index contributed by atoms with van der Waals surface area (Å²) in [6, 6.07) is 2.81. The first-order valence-electron chi connectivity index (χ1n) is 3.83. The van der Waals surface area contributed by atoms with E-state index in [0.29, 0.717) is 10.0 Å². The molecule has 0 bridgehead atoms. The van der Waals surface area contributed by atoms with Gasteiger partial charge in [0.15, 0.2) is 6.10 Å². The second kappa shape index (κ2) is 3.98. The lowest BCUT2D eigenvalue weighted by Gasteiger charge is -2.09. The molecule has 4 nitrogen and oxygen atoms in total. The van der Waals surface area contributed by atoms with Crippen LogP contribution in [0.1, 0.15) is 17.2 Å². The summed E-state index contributed by atoms with van der Waals surface area (Å²) in [7, 11) is 0. The van der Waals surface area contributed by atoms with Gasteiger partial charge in [-0.3, -0.25) is 0 Å². The minimum Gasteiger partial charge on any atom is -0.506 e. The molecule has 1 atom stereocenters. The number of aromatic hydroxyl groups is 1. The van der Waals surface area contributed by atoms with Gasteiger partial charge in [-0.1, -0.05) is 0 Å². The van der Waals surface area contributed by atoms with Crippen molar-refractivity contribution in [2.75, 3.05) is 0 Å². The molecule has 1 unspecified atom stereocenters. The number of aliphatic hydroxyl groups is 1. The highest BCUT2D eigenvalue weighted by molar-refractivity contribution is 9.10. The molecule has 0 amide bonds. The van der Waals surface area contributed by atoms with E-state index in [4.69, 9.17) is 5.11 Å². The molecular weight excluding hydrogens is 252 g/mol. The first-order chi connectivity index (χ1) is 6.43. The predicted octanol–water partition coefficient (Wildman–Crippen LogP) is 1.58. The van der Waals surface area contributed by atoms with Crippen LogP contribution in [0.2, 0.25) is 0 Å². The van der Waals surface area contributed by atoms with Gasteiger partial charge in [0, 0.05) is 0 Å². The van der Waals surface area contributed by atoms with Crippen LogP contribution < -0.4 is 0 Å². The normalized spacial score (nSPS) is 12.5. The predicted molar refractivity (Wildman–Crippen MR) is 53.1 cm³/mol. The number of phenolic OH excluding ortho intramolecular Hbond substituents is 1. The van der Waals surface area contributed by atoms with Crippen LogP contribution in [0.3, 0.4) is 0 Å². The maximum atomic E-state index is 10.5. The van der Waals surface area contributed by atoms with Gasteiger partial charge in [-0.2, -0.15) is 0 Å². The molecule has 0 radical (unpaired) electrons. The Kier molecular flexibility index (Phi) is 3.13. The number of hydrogen-bond donors (Lipinski definition) is 3. The average Bonchev–Trinajstić information content (AvgIpc) is 2.12. The number of aliphatic carboxylic acids is 1. The van der Waals surface area contributed by atoms with Gasteiger partial charge in [-0.05, 0) is 46.1 Å². The quantitative estimate of drug-likeness (QED) is 0.755. The van der Waals surface area contributed by atoms with Crippen molar-refractivity contribution in [3.63, 3.8) is 0 Å². The highest BCUT2D eigenvalue weighted by Gasteiger charge is 2.17. The Labute approximate surface area is 88.9 Å². The summed E-state index contributed by atoms with van der Waals surface area (Å²) in [5, 5.41) is 27.2. The van der Waals surface area contributed by atoms with Crippen molar-refractivity contribution in [3.05, 3.63) is 27.7 Å². The van der Waals surface area contributed by atoms with E-state index in [-0.39, 0.29) is 11.3 Å². The van der Waals surface area contributed by atoms with Crippen molar-refractivity contribution in [3.8, 4) is 5.75 Å². The molecule has 3 N–H and O–H groups in total. The molecule has 1 rings (SSSR count). The SMILES string of the molecule is Cc1cc(C(O)C(=O)O)cc(Br)c1O. The van der Waals surface area contributed by atoms with Gasteiger partial charge in [-0.25, -0.2) is 4.79 Å². The summed E-state index contributed by atoms with van der Waals surface area (Å²) >= 11 is 3.06. The Morgan fingerprint density at radius 2 is 2.07 bits per heavy atom. The van der Waals surface area contributed by atoms with Crippen molar-refractivity contribution in [2.24, 2.45) is 0 Å². The molecule has 0 aliphatic heterocycles. The molecule has 0 aliphatic carbocycles. The minimum atomic E-state index is -1.56. The highest BCUT2D eigenvalue weighted by Crippen LogP contribution is 2.30. The van der Waals surface area contributed by atoms with E-state index in [2.05, 4.69) is 15.9 Å². The van der Waals surface area contributed by atoms with E-state index in [1.54, 1.807) is 6.92 Å². The lowest BCUT2D eigenvalue weighted by atomic mass is 10.1. The van der Waals surface area contributed by atoms with Gasteiger partial charge in [-0.15, -0.1) is 0 Å². The lowest BCUT2D eigenvalue weighted by molar-refractivity contribution is -0.146. The lowest BCUT2D eigenvalue weighted by Crippen LogP contribution is -2.10. The van der Waals surface area contributed by atoms with E-state index in [1.807, 2.05) is 0 Å². The van der Waals surface area contributed by atoms with E-state index < -0.39 is 12.1 Å². The zero-order chi connectivity index (χ0) is 10.9. The molecule has 1 aromatic rings. The molecule has 0 spiro atoms. The second-order valence-corrected chi connectivity index (χ2v) is 3.76. The standard InChI is InChI=1S/C9H9BrO4/c1-4-2-5(8(12)9(13)14)3-6(10)7(4)11/h2-3,8,11-12H,1H3,(H,13,14). The van der Waals surface area contributed by atoms with Crippen LogP contribution in [-0.2, 0) is 4.79 Å². The van der Waals surface area contributed by atoms with Crippen LogP contribution in [0.25, 0.3) is 0 Å². The van der Waals surface area contributed by atoms with Crippen LogP contribution in [-0.4, -0.2) is 21.3 Å². The van der Waals surface area contributed by atoms with Crippen molar-refractivity contribution >= 4 is 21.9 Å². The Morgan fingerprint density at radius 3 is 2.50 bits per heavy atom. The summed E-state index contributed by atoms with van der Waals surface area (Å²) < 4.78 is 0.368. The summed E-state index contributed by atoms with van der Waals surface area (Å²) in [4.78, 5) is 10.5. The number of aryl methyl sites for hydroxylation is 1. The van der Waals surface area contributed by atoms with Crippen LogP contribution in [0.15, 0.2) is 16.6 Å². The summed E-state index contributed by atoms with van der Waals surface area (Å²) in [6.45, 7) is 1.62. The Hall–Kier alpha value is -1.07. The van der Waals surface area contributed by atoms with Gasteiger partial charge in [0.25, 0.3) is 0 Å². The maximum absolute atomic E-state index is 10.5. The van der Waals surface area contributed by atoms with Crippen LogP contribution in [0.4, 0.5) is 0 Å². The van der Waals surface area contributed by atoms with E-state index in [1.165, 1.54) is 12.1 Å². The van der Waals surface area contributed by atoms with Crippen LogP contribution in [0, 0.1) is 6.92 Å². The van der Waals surface area contributed by atoms with Crippen LogP contribution in [0.5, 0.6) is 5.75 Å². The number of hydrogen-bond acceptors (Lipinski definition) is 3. The summed E-state index contributed by atoms with van der Waals surface area (Å²) in [5.41, 5.74) is 0.745. The van der Waals surface area contributed by atoms with Gasteiger partial charge >= 0.3 is 5.97 Å². The van der Waals surface area contributed by atoms with Gasteiger partial charge in [0.05, 0.1) is 4.47 Å². The second-order valence-electron chi connectivity index (χ2n) is 2.91. The molecule has 0 aromatic heterocycles. The third-order valence-corrected chi connectivity index (χ3v) is 2.43. The molecule has 5 heteroatoms. The molecule has 0 saturated carbocycles. The number of rotatable bonds is 2. The molecule has 1 aromatic carbocycles. The first-order valence-corrected chi connectivity index (χ1v) is 4.62. The van der Waals surface area contributed by atoms with Crippen molar-refractivity contribution in [1.82, 2.24) is 0 Å². The number of carboxylic acids is 1. The summed E-state index contributed by atoms with van der Waals surface area (Å²) in [6.07, 6.45) is -1.56. The third-order valence-electron chi connectivity index (χ3n) is 1.83. The number of carboxylic acid groups (broad SMARTS) is 1. The molecule has 0 fully saturated rings. The van der Waals surface area contributed by atoms with Gasteiger partial charge in [0.1, 0.15) is 5.75 Å². The van der Waals surface area contributed by atoms with Gasteiger partial charge < -0.3 is 15.3 Å². The smallest absolute Gasteiger partial charge is 0.337 e. The van der Waals surface area contributed by atoms with Crippen molar-refractivity contribution < 1.29 is 20.1 Å². The molecule has 76 valence electrons. The fraction of sp³-hybridized carbons (Fsp3) is 0.222. The zero-order valence-electron chi connectivity index (χ0n) is 7.36. The Balaban J connectivity index is 3.19. The number of halogens is 1.